The van der Waals surface area contributed by atoms with Crippen LogP contribution in [0.4, 0.5) is 4.39 Å². The molecule has 0 spiro atoms. The Morgan fingerprint density at radius 1 is 1.37 bits per heavy atom. The third-order valence-corrected chi connectivity index (χ3v) is 2.54. The lowest BCUT2D eigenvalue weighted by Gasteiger charge is -2.06. The second-order valence-electron chi connectivity index (χ2n) is 4.05. The maximum Gasteiger partial charge on any atom is 0.264 e. The number of rotatable bonds is 6. The molecule has 0 bridgehead atoms. The van der Waals surface area contributed by atoms with Crippen molar-refractivity contribution < 1.29 is 18.4 Å². The summed E-state index contributed by atoms with van der Waals surface area (Å²) in [4.78, 5) is 4.14. The standard InChI is InChI=1S/C13H15FN2O3/c1-9-3-4-10(14)7-11(9)18-8-13-15-12(16-19-13)5-6-17-2/h3-4,7H,5-6,8H2,1-2H3. The maximum absolute atomic E-state index is 13.1. The van der Waals surface area contributed by atoms with E-state index < -0.39 is 0 Å². The summed E-state index contributed by atoms with van der Waals surface area (Å²) in [5, 5.41) is 3.79. The lowest BCUT2D eigenvalue weighted by molar-refractivity contribution is 0.199. The van der Waals surface area contributed by atoms with E-state index in [1.54, 1.807) is 13.2 Å². The fraction of sp³-hybridized carbons (Fsp3) is 0.385. The van der Waals surface area contributed by atoms with Crippen molar-refractivity contribution in [2.75, 3.05) is 13.7 Å². The molecule has 0 amide bonds. The number of methoxy groups -OCH3 is 1. The fourth-order valence-corrected chi connectivity index (χ4v) is 1.51. The van der Waals surface area contributed by atoms with Crippen LogP contribution in [0.3, 0.4) is 0 Å². The minimum absolute atomic E-state index is 0.115. The largest absolute Gasteiger partial charge is 0.483 e. The first-order valence-electron chi connectivity index (χ1n) is 5.88. The molecule has 19 heavy (non-hydrogen) atoms. The summed E-state index contributed by atoms with van der Waals surface area (Å²) in [6.07, 6.45) is 0.582. The minimum Gasteiger partial charge on any atom is -0.483 e. The SMILES string of the molecule is COCCc1noc(COc2cc(F)ccc2C)n1. The van der Waals surface area contributed by atoms with Crippen molar-refractivity contribution in [3.8, 4) is 5.75 Å². The first-order chi connectivity index (χ1) is 9.19. The topological polar surface area (TPSA) is 57.4 Å². The molecular weight excluding hydrogens is 251 g/mol. The predicted octanol–water partition coefficient (Wildman–Crippen LogP) is 2.29. The van der Waals surface area contributed by atoms with Gasteiger partial charge in [-0.2, -0.15) is 4.98 Å². The van der Waals surface area contributed by atoms with Crippen LogP contribution >= 0.6 is 0 Å². The van der Waals surface area contributed by atoms with E-state index in [0.717, 1.165) is 5.56 Å². The van der Waals surface area contributed by atoms with Crippen molar-refractivity contribution in [2.24, 2.45) is 0 Å². The van der Waals surface area contributed by atoms with Gasteiger partial charge >= 0.3 is 0 Å². The van der Waals surface area contributed by atoms with Crippen molar-refractivity contribution in [1.29, 1.82) is 0 Å². The zero-order valence-corrected chi connectivity index (χ0v) is 10.9. The summed E-state index contributed by atoms with van der Waals surface area (Å²) >= 11 is 0. The highest BCUT2D eigenvalue weighted by molar-refractivity contribution is 5.32. The third kappa shape index (κ3) is 3.75. The molecular formula is C13H15FN2O3. The second-order valence-corrected chi connectivity index (χ2v) is 4.05. The molecule has 102 valence electrons. The minimum atomic E-state index is -0.341. The van der Waals surface area contributed by atoms with Gasteiger partial charge < -0.3 is 14.0 Å². The molecule has 5 nitrogen and oxygen atoms in total. The number of ether oxygens (including phenoxy) is 2. The van der Waals surface area contributed by atoms with Crippen LogP contribution in [-0.4, -0.2) is 23.9 Å². The van der Waals surface area contributed by atoms with E-state index in [2.05, 4.69) is 10.1 Å². The van der Waals surface area contributed by atoms with Crippen molar-refractivity contribution in [1.82, 2.24) is 10.1 Å². The van der Waals surface area contributed by atoms with E-state index in [0.29, 0.717) is 30.5 Å². The quantitative estimate of drug-likeness (QED) is 0.802. The Morgan fingerprint density at radius 2 is 2.21 bits per heavy atom. The molecule has 0 aliphatic carbocycles. The van der Waals surface area contributed by atoms with Crippen molar-refractivity contribution in [3.63, 3.8) is 0 Å². The van der Waals surface area contributed by atoms with E-state index in [4.69, 9.17) is 14.0 Å². The Balaban J connectivity index is 1.94. The molecule has 1 aromatic carbocycles. The second kappa shape index (κ2) is 6.29. The van der Waals surface area contributed by atoms with Gasteiger partial charge in [-0.1, -0.05) is 11.2 Å². The maximum atomic E-state index is 13.1. The average Bonchev–Trinajstić information content (AvgIpc) is 2.85. The van der Waals surface area contributed by atoms with Crippen LogP contribution in [0.1, 0.15) is 17.3 Å². The Kier molecular flexibility index (Phi) is 4.46. The molecule has 1 heterocycles. The van der Waals surface area contributed by atoms with E-state index in [1.165, 1.54) is 12.1 Å². The number of nitrogens with zero attached hydrogens (tertiary/aromatic N) is 2. The first kappa shape index (κ1) is 13.5. The number of benzene rings is 1. The lowest BCUT2D eigenvalue weighted by atomic mass is 10.2. The van der Waals surface area contributed by atoms with Gasteiger partial charge in [-0.05, 0) is 18.6 Å². The first-order valence-corrected chi connectivity index (χ1v) is 5.88. The number of hydrogen-bond donors (Lipinski definition) is 0. The number of hydrogen-bond acceptors (Lipinski definition) is 5. The van der Waals surface area contributed by atoms with E-state index in [-0.39, 0.29) is 12.4 Å². The molecule has 1 aromatic heterocycles. The molecule has 0 saturated heterocycles. The van der Waals surface area contributed by atoms with Crippen molar-refractivity contribution in [2.45, 2.75) is 20.0 Å². The van der Waals surface area contributed by atoms with Gasteiger partial charge in [0.05, 0.1) is 6.61 Å². The Hall–Kier alpha value is -1.95. The highest BCUT2D eigenvalue weighted by Crippen LogP contribution is 2.19. The van der Waals surface area contributed by atoms with Gasteiger partial charge in [-0.15, -0.1) is 0 Å². The summed E-state index contributed by atoms with van der Waals surface area (Å²) in [6.45, 7) is 2.49. The Morgan fingerprint density at radius 3 is 3.00 bits per heavy atom. The van der Waals surface area contributed by atoms with Crippen LogP contribution < -0.4 is 4.74 Å². The van der Waals surface area contributed by atoms with Gasteiger partial charge in [0.1, 0.15) is 11.6 Å². The summed E-state index contributed by atoms with van der Waals surface area (Å²) in [5.74, 6) is 1.05. The van der Waals surface area contributed by atoms with Gasteiger partial charge in [0.2, 0.25) is 0 Å². The molecule has 0 aliphatic rings. The van der Waals surface area contributed by atoms with E-state index >= 15 is 0 Å². The molecule has 2 aromatic rings. The van der Waals surface area contributed by atoms with Crippen LogP contribution in [0.25, 0.3) is 0 Å². The van der Waals surface area contributed by atoms with Gasteiger partial charge in [0.15, 0.2) is 12.4 Å². The molecule has 0 radical (unpaired) electrons. The van der Waals surface area contributed by atoms with Gasteiger partial charge in [0.25, 0.3) is 5.89 Å². The predicted molar refractivity (Wildman–Crippen MR) is 65.3 cm³/mol. The molecule has 0 saturated carbocycles. The van der Waals surface area contributed by atoms with Crippen LogP contribution in [0, 0.1) is 12.7 Å². The fourth-order valence-electron chi connectivity index (χ4n) is 1.51. The molecule has 6 heteroatoms. The van der Waals surface area contributed by atoms with E-state index in [9.17, 15) is 4.39 Å². The third-order valence-electron chi connectivity index (χ3n) is 2.54. The van der Waals surface area contributed by atoms with Crippen LogP contribution in [0.2, 0.25) is 0 Å². The van der Waals surface area contributed by atoms with Crippen molar-refractivity contribution >= 4 is 0 Å². The van der Waals surface area contributed by atoms with Gasteiger partial charge in [-0.3, -0.25) is 0 Å². The molecule has 0 N–H and O–H groups in total. The zero-order valence-electron chi connectivity index (χ0n) is 10.9. The average molecular weight is 266 g/mol. The lowest BCUT2D eigenvalue weighted by Crippen LogP contribution is -1.99. The highest BCUT2D eigenvalue weighted by atomic mass is 19.1. The Labute approximate surface area is 110 Å². The zero-order chi connectivity index (χ0) is 13.7. The van der Waals surface area contributed by atoms with Crippen molar-refractivity contribution in [3.05, 3.63) is 41.3 Å². The normalized spacial score (nSPS) is 10.7. The van der Waals surface area contributed by atoms with E-state index in [1.807, 2.05) is 6.92 Å². The summed E-state index contributed by atoms with van der Waals surface area (Å²) in [5.41, 5.74) is 0.848. The van der Waals surface area contributed by atoms with Crippen LogP contribution in [-0.2, 0) is 17.8 Å². The highest BCUT2D eigenvalue weighted by Gasteiger charge is 2.08. The summed E-state index contributed by atoms with van der Waals surface area (Å²) in [7, 11) is 1.61. The van der Waals surface area contributed by atoms with Crippen LogP contribution in [0.5, 0.6) is 5.75 Å². The van der Waals surface area contributed by atoms with Gasteiger partial charge in [0, 0.05) is 19.6 Å². The smallest absolute Gasteiger partial charge is 0.264 e. The molecule has 0 unspecified atom stereocenters. The number of aryl methyl sites for hydroxylation is 1. The Bertz CT molecular complexity index is 542. The number of halogens is 1. The van der Waals surface area contributed by atoms with Gasteiger partial charge in [-0.25, -0.2) is 4.39 Å². The summed E-state index contributed by atoms with van der Waals surface area (Å²) in [6, 6.07) is 4.37. The van der Waals surface area contributed by atoms with Crippen LogP contribution in [0.15, 0.2) is 22.7 Å². The molecule has 0 aliphatic heterocycles. The summed E-state index contributed by atoms with van der Waals surface area (Å²) < 4.78 is 28.5. The monoisotopic (exact) mass is 266 g/mol. The molecule has 0 atom stereocenters. The number of aromatic nitrogens is 2. The molecule has 0 fully saturated rings. The molecule has 2 rings (SSSR count).